The monoisotopic (exact) mass is 169 g/mol. The van der Waals surface area contributed by atoms with Gasteiger partial charge < -0.3 is 10.6 Å². The minimum absolute atomic E-state index is 0.107. The lowest BCUT2D eigenvalue weighted by Gasteiger charge is -2.44. The largest absolute Gasteiger partial charge is 0.336 e. The Morgan fingerprint density at radius 3 is 2.83 bits per heavy atom. The zero-order chi connectivity index (χ0) is 8.72. The molecule has 2 aliphatic rings. The molecule has 0 spiro atoms. The molecule has 2 rings (SSSR count). The topological polar surface area (TPSA) is 49.6 Å². The molecule has 2 atom stereocenters. The summed E-state index contributed by atoms with van der Waals surface area (Å²) in [7, 11) is 2.11. The van der Waals surface area contributed by atoms with Crippen LogP contribution in [-0.2, 0) is 4.79 Å². The number of carbonyl (C=O) groups excluding carboxylic acids is 1. The van der Waals surface area contributed by atoms with E-state index in [-0.39, 0.29) is 12.5 Å². The number of hydrogen-bond donors (Lipinski definition) is 1. The van der Waals surface area contributed by atoms with Gasteiger partial charge in [0.25, 0.3) is 0 Å². The van der Waals surface area contributed by atoms with Gasteiger partial charge in [-0.15, -0.1) is 0 Å². The fourth-order valence-electron chi connectivity index (χ4n) is 2.29. The summed E-state index contributed by atoms with van der Waals surface area (Å²) in [5, 5.41) is 0. The first-order valence-electron chi connectivity index (χ1n) is 4.44. The van der Waals surface area contributed by atoms with Crippen molar-refractivity contribution in [2.75, 3.05) is 26.7 Å². The molecule has 0 saturated carbocycles. The molecular formula is C8H15N3O. The Hall–Kier alpha value is -0.610. The average Bonchev–Trinajstić information content (AvgIpc) is 2.40. The maximum atomic E-state index is 11.3. The molecule has 68 valence electrons. The van der Waals surface area contributed by atoms with Crippen LogP contribution in [0.1, 0.15) is 6.42 Å². The smallest absolute Gasteiger partial charge is 0.236 e. The molecule has 12 heavy (non-hydrogen) atoms. The van der Waals surface area contributed by atoms with Crippen molar-refractivity contribution in [1.82, 2.24) is 9.80 Å². The Kier molecular flexibility index (Phi) is 1.81. The molecule has 0 radical (unpaired) electrons. The van der Waals surface area contributed by atoms with Gasteiger partial charge >= 0.3 is 0 Å². The highest BCUT2D eigenvalue weighted by molar-refractivity contribution is 5.79. The maximum absolute atomic E-state index is 11.3. The summed E-state index contributed by atoms with van der Waals surface area (Å²) in [5.41, 5.74) is 5.31. The fraction of sp³-hybridized carbons (Fsp3) is 0.875. The number of likely N-dealkylation sites (N-methyl/N-ethyl adjacent to an activating group) is 1. The summed E-state index contributed by atoms with van der Waals surface area (Å²) in [6.45, 7) is 2.08. The predicted octanol–water partition coefficient (Wildman–Crippen LogP) is -1.14. The summed E-state index contributed by atoms with van der Waals surface area (Å²) in [6.07, 6.45) is 1.12. The highest BCUT2D eigenvalue weighted by atomic mass is 16.2. The molecule has 0 aromatic heterocycles. The van der Waals surface area contributed by atoms with Crippen molar-refractivity contribution in [3.63, 3.8) is 0 Å². The van der Waals surface area contributed by atoms with Gasteiger partial charge in [-0.25, -0.2) is 0 Å². The Bertz CT molecular complexity index is 206. The summed E-state index contributed by atoms with van der Waals surface area (Å²) >= 11 is 0. The summed E-state index contributed by atoms with van der Waals surface area (Å²) in [4.78, 5) is 15.5. The van der Waals surface area contributed by atoms with Crippen molar-refractivity contribution in [2.45, 2.75) is 18.5 Å². The fourth-order valence-corrected chi connectivity index (χ4v) is 2.29. The van der Waals surface area contributed by atoms with Gasteiger partial charge in [-0.2, -0.15) is 0 Å². The number of rotatable bonds is 1. The van der Waals surface area contributed by atoms with Gasteiger partial charge in [0.1, 0.15) is 0 Å². The van der Waals surface area contributed by atoms with E-state index in [4.69, 9.17) is 5.73 Å². The van der Waals surface area contributed by atoms with E-state index in [9.17, 15) is 4.79 Å². The normalized spacial score (nSPS) is 34.7. The third kappa shape index (κ3) is 0.949. The minimum atomic E-state index is 0.107. The molecule has 0 bridgehead atoms. The van der Waals surface area contributed by atoms with Crippen LogP contribution in [0.15, 0.2) is 0 Å². The molecule has 2 fully saturated rings. The van der Waals surface area contributed by atoms with Crippen molar-refractivity contribution in [1.29, 1.82) is 0 Å². The lowest BCUT2D eigenvalue weighted by atomic mass is 9.98. The van der Waals surface area contributed by atoms with Crippen LogP contribution in [0.5, 0.6) is 0 Å². The van der Waals surface area contributed by atoms with Gasteiger partial charge in [0.05, 0.1) is 12.6 Å². The number of amides is 1. The number of likely N-dealkylation sites (tertiary alicyclic amines) is 2. The quantitative estimate of drug-likeness (QED) is 0.540. The van der Waals surface area contributed by atoms with E-state index in [0.717, 1.165) is 19.5 Å². The van der Waals surface area contributed by atoms with Crippen LogP contribution >= 0.6 is 0 Å². The lowest BCUT2D eigenvalue weighted by molar-refractivity contribution is -0.133. The van der Waals surface area contributed by atoms with E-state index < -0.39 is 0 Å². The zero-order valence-corrected chi connectivity index (χ0v) is 7.36. The van der Waals surface area contributed by atoms with Crippen LogP contribution in [0, 0.1) is 0 Å². The molecule has 2 heterocycles. The molecule has 4 nitrogen and oxygen atoms in total. The lowest BCUT2D eigenvalue weighted by Crippen LogP contribution is -2.61. The van der Waals surface area contributed by atoms with Crippen LogP contribution in [0.25, 0.3) is 0 Å². The highest BCUT2D eigenvalue weighted by Gasteiger charge is 2.46. The second kappa shape index (κ2) is 2.71. The van der Waals surface area contributed by atoms with Gasteiger partial charge in [-0.05, 0) is 13.5 Å². The van der Waals surface area contributed by atoms with E-state index >= 15 is 0 Å². The molecule has 2 saturated heterocycles. The third-order valence-electron chi connectivity index (χ3n) is 3.05. The number of nitrogens with zero attached hydrogens (tertiary/aromatic N) is 2. The van der Waals surface area contributed by atoms with Crippen LogP contribution in [0.4, 0.5) is 0 Å². The van der Waals surface area contributed by atoms with E-state index in [1.54, 1.807) is 0 Å². The van der Waals surface area contributed by atoms with Crippen LogP contribution in [0.3, 0.4) is 0 Å². The Morgan fingerprint density at radius 1 is 1.58 bits per heavy atom. The second-order valence-corrected chi connectivity index (χ2v) is 3.65. The van der Waals surface area contributed by atoms with E-state index in [1.165, 1.54) is 0 Å². The molecule has 0 aromatic carbocycles. The van der Waals surface area contributed by atoms with Gasteiger partial charge in [0.2, 0.25) is 5.91 Å². The molecule has 0 unspecified atom stereocenters. The summed E-state index contributed by atoms with van der Waals surface area (Å²) < 4.78 is 0. The maximum Gasteiger partial charge on any atom is 0.236 e. The van der Waals surface area contributed by atoms with Gasteiger partial charge in [0.15, 0.2) is 0 Å². The molecule has 2 aliphatic heterocycles. The Morgan fingerprint density at radius 2 is 2.33 bits per heavy atom. The molecule has 0 aromatic rings. The Balaban J connectivity index is 1.99. The number of fused-ring (bicyclic) bond motifs is 1. The predicted molar refractivity (Wildman–Crippen MR) is 45.6 cm³/mol. The van der Waals surface area contributed by atoms with Crippen LogP contribution < -0.4 is 5.73 Å². The molecule has 2 N–H and O–H groups in total. The van der Waals surface area contributed by atoms with Crippen molar-refractivity contribution in [2.24, 2.45) is 5.73 Å². The standard InChI is InChI=1S/C8H15N3O/c1-10-5-7-6(10)2-3-11(7)8(12)4-9/h6-7H,2-5,9H2,1H3/t6-,7-/m1/s1. The number of nitrogens with two attached hydrogens (primary N) is 1. The summed E-state index contributed by atoms with van der Waals surface area (Å²) in [6, 6.07) is 1.08. The highest BCUT2D eigenvalue weighted by Crippen LogP contribution is 2.30. The minimum Gasteiger partial charge on any atom is -0.336 e. The molecular weight excluding hydrogens is 154 g/mol. The van der Waals surface area contributed by atoms with Crippen molar-refractivity contribution >= 4 is 5.91 Å². The first-order valence-corrected chi connectivity index (χ1v) is 4.44. The second-order valence-electron chi connectivity index (χ2n) is 3.65. The van der Waals surface area contributed by atoms with Crippen molar-refractivity contribution in [3.8, 4) is 0 Å². The molecule has 4 heteroatoms. The van der Waals surface area contributed by atoms with Gasteiger partial charge in [-0.1, -0.05) is 0 Å². The number of hydrogen-bond acceptors (Lipinski definition) is 3. The summed E-state index contributed by atoms with van der Waals surface area (Å²) in [5.74, 6) is 0.107. The van der Waals surface area contributed by atoms with Gasteiger partial charge in [0, 0.05) is 19.1 Å². The third-order valence-corrected chi connectivity index (χ3v) is 3.05. The van der Waals surface area contributed by atoms with E-state index in [2.05, 4.69) is 11.9 Å². The number of carbonyl (C=O) groups is 1. The van der Waals surface area contributed by atoms with Crippen LogP contribution in [0.2, 0.25) is 0 Å². The van der Waals surface area contributed by atoms with E-state index in [0.29, 0.717) is 12.1 Å². The van der Waals surface area contributed by atoms with Crippen LogP contribution in [-0.4, -0.2) is 54.5 Å². The Labute approximate surface area is 72.3 Å². The zero-order valence-electron chi connectivity index (χ0n) is 7.36. The SMILES string of the molecule is CN1C[C@@H]2[C@H]1CCN2C(=O)CN. The van der Waals surface area contributed by atoms with Crippen molar-refractivity contribution < 1.29 is 4.79 Å². The van der Waals surface area contributed by atoms with Crippen molar-refractivity contribution in [3.05, 3.63) is 0 Å². The first-order chi connectivity index (χ1) is 5.74. The average molecular weight is 169 g/mol. The van der Waals surface area contributed by atoms with Gasteiger partial charge in [-0.3, -0.25) is 9.69 Å². The van der Waals surface area contributed by atoms with E-state index in [1.807, 2.05) is 4.90 Å². The molecule has 0 aliphatic carbocycles. The first kappa shape index (κ1) is 8.01. The molecule has 1 amide bonds.